The molecule has 2 saturated heterocycles. The number of amides is 1. The molecular formula is C22H25ClFN3O5S. The monoisotopic (exact) mass is 497 g/mol. The smallest absolute Gasteiger partial charge is 0.260 e. The Labute approximate surface area is 197 Å². The SMILES string of the molecule is O=C(COc1ccc(Cl)cc1S(=O)(=O)N1CCOCC1)N1CCN(c2ccccc2F)CC1. The first-order valence-electron chi connectivity index (χ1n) is 10.6. The van der Waals surface area contributed by atoms with Gasteiger partial charge in [-0.05, 0) is 30.3 Å². The molecule has 2 aromatic carbocycles. The quantitative estimate of drug-likeness (QED) is 0.609. The van der Waals surface area contributed by atoms with Crippen LogP contribution in [-0.2, 0) is 19.6 Å². The summed E-state index contributed by atoms with van der Waals surface area (Å²) in [6.07, 6.45) is 0. The van der Waals surface area contributed by atoms with Gasteiger partial charge < -0.3 is 19.3 Å². The molecule has 4 rings (SSSR count). The summed E-state index contributed by atoms with van der Waals surface area (Å²) in [6, 6.07) is 10.9. The molecule has 2 aliphatic rings. The van der Waals surface area contributed by atoms with Gasteiger partial charge in [0.05, 0.1) is 18.9 Å². The fourth-order valence-corrected chi connectivity index (χ4v) is 5.67. The Morgan fingerprint density at radius 3 is 2.42 bits per heavy atom. The number of benzene rings is 2. The number of rotatable bonds is 6. The molecule has 0 spiro atoms. The third kappa shape index (κ3) is 5.40. The summed E-state index contributed by atoms with van der Waals surface area (Å²) in [4.78, 5) is 16.2. The lowest BCUT2D eigenvalue weighted by molar-refractivity contribution is -0.133. The first-order valence-corrected chi connectivity index (χ1v) is 12.5. The summed E-state index contributed by atoms with van der Waals surface area (Å²) in [5.41, 5.74) is 0.514. The Hall–Kier alpha value is -2.40. The number of nitrogens with zero attached hydrogens (tertiary/aromatic N) is 3. The minimum Gasteiger partial charge on any atom is -0.482 e. The average molecular weight is 498 g/mol. The Morgan fingerprint density at radius 1 is 1.03 bits per heavy atom. The fourth-order valence-electron chi connectivity index (χ4n) is 3.86. The van der Waals surface area contributed by atoms with Gasteiger partial charge in [-0.2, -0.15) is 4.31 Å². The summed E-state index contributed by atoms with van der Waals surface area (Å²) in [5.74, 6) is -0.491. The van der Waals surface area contributed by atoms with E-state index in [0.717, 1.165) is 0 Å². The van der Waals surface area contributed by atoms with Crippen LogP contribution in [0.1, 0.15) is 0 Å². The van der Waals surface area contributed by atoms with Crippen LogP contribution in [0.3, 0.4) is 0 Å². The molecule has 0 bridgehead atoms. The molecule has 2 aromatic rings. The fraction of sp³-hybridized carbons (Fsp3) is 0.409. The first kappa shape index (κ1) is 23.7. The molecule has 33 heavy (non-hydrogen) atoms. The number of hydrogen-bond acceptors (Lipinski definition) is 6. The number of morpholine rings is 1. The van der Waals surface area contributed by atoms with E-state index in [1.165, 1.54) is 28.6 Å². The van der Waals surface area contributed by atoms with Crippen molar-refractivity contribution in [1.29, 1.82) is 0 Å². The largest absolute Gasteiger partial charge is 0.482 e. The Kier molecular flexibility index (Phi) is 7.38. The van der Waals surface area contributed by atoms with Gasteiger partial charge in [-0.15, -0.1) is 0 Å². The standard InChI is InChI=1S/C22H25ClFN3O5S/c23-17-5-6-20(21(15-17)33(29,30)27-11-13-31-14-12-27)32-16-22(28)26-9-7-25(8-10-26)19-4-2-1-3-18(19)24/h1-6,15H,7-14,16H2. The highest BCUT2D eigenvalue weighted by Crippen LogP contribution is 2.30. The highest BCUT2D eigenvalue weighted by atomic mass is 35.5. The Bertz CT molecular complexity index is 1100. The molecular weight excluding hydrogens is 473 g/mol. The van der Waals surface area contributed by atoms with E-state index in [1.807, 2.05) is 4.90 Å². The molecule has 0 aromatic heterocycles. The lowest BCUT2D eigenvalue weighted by Crippen LogP contribution is -2.50. The lowest BCUT2D eigenvalue weighted by Gasteiger charge is -2.36. The molecule has 2 heterocycles. The summed E-state index contributed by atoms with van der Waals surface area (Å²) >= 11 is 6.05. The minimum absolute atomic E-state index is 0.0734. The molecule has 0 saturated carbocycles. The molecule has 0 unspecified atom stereocenters. The number of hydrogen-bond donors (Lipinski definition) is 0. The van der Waals surface area contributed by atoms with Crippen molar-refractivity contribution in [3.63, 3.8) is 0 Å². The van der Waals surface area contributed by atoms with Crippen molar-refractivity contribution in [2.75, 3.05) is 64.0 Å². The van der Waals surface area contributed by atoms with E-state index < -0.39 is 10.0 Å². The predicted octanol–water partition coefficient (Wildman–Crippen LogP) is 2.23. The van der Waals surface area contributed by atoms with Crippen LogP contribution in [0.25, 0.3) is 0 Å². The van der Waals surface area contributed by atoms with Crippen LogP contribution in [0, 0.1) is 5.82 Å². The second kappa shape index (κ2) is 10.3. The van der Waals surface area contributed by atoms with E-state index in [-0.39, 0.29) is 47.1 Å². The summed E-state index contributed by atoms with van der Waals surface area (Å²) in [5, 5.41) is 0.254. The van der Waals surface area contributed by atoms with E-state index in [0.29, 0.717) is 45.1 Å². The van der Waals surface area contributed by atoms with Gasteiger partial charge in [0.15, 0.2) is 6.61 Å². The van der Waals surface area contributed by atoms with Crippen molar-refractivity contribution in [3.05, 3.63) is 53.3 Å². The van der Waals surface area contributed by atoms with Crippen LogP contribution in [0.15, 0.2) is 47.4 Å². The van der Waals surface area contributed by atoms with Gasteiger partial charge in [0, 0.05) is 44.3 Å². The molecule has 11 heteroatoms. The van der Waals surface area contributed by atoms with Crippen molar-refractivity contribution < 1.29 is 27.1 Å². The predicted molar refractivity (Wildman–Crippen MR) is 122 cm³/mol. The molecule has 0 aliphatic carbocycles. The van der Waals surface area contributed by atoms with E-state index in [2.05, 4.69) is 0 Å². The first-order chi connectivity index (χ1) is 15.9. The third-order valence-electron chi connectivity index (χ3n) is 5.67. The van der Waals surface area contributed by atoms with Gasteiger partial charge in [0.1, 0.15) is 16.5 Å². The van der Waals surface area contributed by atoms with Crippen LogP contribution in [-0.4, -0.2) is 82.6 Å². The second-order valence-electron chi connectivity index (χ2n) is 7.72. The summed E-state index contributed by atoms with van der Waals surface area (Å²) in [6.45, 7) is 2.59. The highest BCUT2D eigenvalue weighted by molar-refractivity contribution is 7.89. The molecule has 2 fully saturated rings. The van der Waals surface area contributed by atoms with Crippen molar-refractivity contribution >= 4 is 33.2 Å². The topological polar surface area (TPSA) is 79.4 Å². The maximum atomic E-state index is 14.0. The number of ether oxygens (including phenoxy) is 2. The summed E-state index contributed by atoms with van der Waals surface area (Å²) in [7, 11) is -3.85. The zero-order valence-corrected chi connectivity index (χ0v) is 19.5. The number of anilines is 1. The molecule has 0 radical (unpaired) electrons. The molecule has 178 valence electrons. The Balaban J connectivity index is 1.39. The van der Waals surface area contributed by atoms with E-state index in [4.69, 9.17) is 21.1 Å². The number of piperazine rings is 1. The molecule has 8 nitrogen and oxygen atoms in total. The van der Waals surface area contributed by atoms with Crippen LogP contribution in [0.4, 0.5) is 10.1 Å². The normalized spacial score (nSPS) is 17.8. The number of carbonyl (C=O) groups is 1. The molecule has 1 amide bonds. The van der Waals surface area contributed by atoms with Gasteiger partial charge in [-0.25, -0.2) is 12.8 Å². The van der Waals surface area contributed by atoms with Gasteiger partial charge in [-0.1, -0.05) is 23.7 Å². The van der Waals surface area contributed by atoms with E-state index in [1.54, 1.807) is 23.1 Å². The highest BCUT2D eigenvalue weighted by Gasteiger charge is 2.30. The number of halogens is 2. The lowest BCUT2D eigenvalue weighted by atomic mass is 10.2. The maximum absolute atomic E-state index is 14.0. The number of sulfonamides is 1. The molecule has 2 aliphatic heterocycles. The van der Waals surface area contributed by atoms with Crippen LogP contribution >= 0.6 is 11.6 Å². The molecule has 0 atom stereocenters. The Morgan fingerprint density at radius 2 is 1.73 bits per heavy atom. The van der Waals surface area contributed by atoms with E-state index >= 15 is 0 Å². The van der Waals surface area contributed by atoms with Crippen LogP contribution < -0.4 is 9.64 Å². The van der Waals surface area contributed by atoms with Gasteiger partial charge in [0.25, 0.3) is 5.91 Å². The van der Waals surface area contributed by atoms with Gasteiger partial charge in [-0.3, -0.25) is 4.79 Å². The zero-order chi connectivity index (χ0) is 23.4. The van der Waals surface area contributed by atoms with Crippen LogP contribution in [0.5, 0.6) is 5.75 Å². The van der Waals surface area contributed by atoms with Crippen molar-refractivity contribution in [3.8, 4) is 5.75 Å². The summed E-state index contributed by atoms with van der Waals surface area (Å²) < 4.78 is 52.4. The van der Waals surface area contributed by atoms with E-state index in [9.17, 15) is 17.6 Å². The zero-order valence-electron chi connectivity index (χ0n) is 18.0. The van der Waals surface area contributed by atoms with Gasteiger partial charge in [0.2, 0.25) is 10.0 Å². The minimum atomic E-state index is -3.85. The van der Waals surface area contributed by atoms with Crippen molar-refractivity contribution in [2.24, 2.45) is 0 Å². The number of carbonyl (C=O) groups excluding carboxylic acids is 1. The third-order valence-corrected chi connectivity index (χ3v) is 7.83. The van der Waals surface area contributed by atoms with Crippen LogP contribution in [0.2, 0.25) is 5.02 Å². The number of para-hydroxylation sites is 1. The second-order valence-corrected chi connectivity index (χ2v) is 10.1. The maximum Gasteiger partial charge on any atom is 0.260 e. The average Bonchev–Trinajstić information content (AvgIpc) is 2.84. The van der Waals surface area contributed by atoms with Crippen molar-refractivity contribution in [2.45, 2.75) is 4.90 Å². The van der Waals surface area contributed by atoms with Gasteiger partial charge >= 0.3 is 0 Å². The van der Waals surface area contributed by atoms with Crippen molar-refractivity contribution in [1.82, 2.24) is 9.21 Å². The molecule has 0 N–H and O–H groups in total.